The molecular formula is C30H37N3O5. The lowest BCUT2D eigenvalue weighted by Crippen LogP contribution is -2.62. The van der Waals surface area contributed by atoms with E-state index < -0.39 is 35.0 Å². The van der Waals surface area contributed by atoms with Crippen LogP contribution >= 0.6 is 0 Å². The van der Waals surface area contributed by atoms with Crippen LogP contribution < -0.4 is 10.6 Å². The molecule has 0 saturated heterocycles. The quantitative estimate of drug-likeness (QED) is 0.428. The number of benzene rings is 2. The molecule has 1 aliphatic rings. The third-order valence-corrected chi connectivity index (χ3v) is 6.34. The van der Waals surface area contributed by atoms with Crippen LogP contribution in [-0.2, 0) is 25.7 Å². The van der Waals surface area contributed by atoms with Crippen LogP contribution in [0.15, 0.2) is 72.8 Å². The van der Waals surface area contributed by atoms with E-state index in [-0.39, 0.29) is 25.4 Å². The highest BCUT2D eigenvalue weighted by Crippen LogP contribution is 2.27. The second-order valence-electron chi connectivity index (χ2n) is 10.6. The largest absolute Gasteiger partial charge is 0.458 e. The molecule has 3 rings (SSSR count). The highest BCUT2D eigenvalue weighted by Gasteiger charge is 2.43. The molecule has 1 aliphatic heterocycles. The number of hydrogen-bond acceptors (Lipinski definition) is 5. The fourth-order valence-corrected chi connectivity index (χ4v) is 4.23. The minimum absolute atomic E-state index is 0.158. The van der Waals surface area contributed by atoms with Crippen LogP contribution in [0.1, 0.15) is 62.9 Å². The predicted octanol–water partition coefficient (Wildman–Crippen LogP) is 3.77. The van der Waals surface area contributed by atoms with Gasteiger partial charge in [-0.15, -0.1) is 0 Å². The number of esters is 1. The van der Waals surface area contributed by atoms with Crippen LogP contribution in [0, 0.1) is 0 Å². The maximum Gasteiger partial charge on any atom is 0.329 e. The van der Waals surface area contributed by atoms with E-state index in [4.69, 9.17) is 4.74 Å². The summed E-state index contributed by atoms with van der Waals surface area (Å²) in [5.74, 6) is -1.77. The van der Waals surface area contributed by atoms with Crippen molar-refractivity contribution in [3.05, 3.63) is 83.9 Å². The van der Waals surface area contributed by atoms with Crippen molar-refractivity contribution in [3.63, 3.8) is 0 Å². The zero-order chi connectivity index (χ0) is 27.8. The van der Waals surface area contributed by atoms with E-state index in [1.807, 2.05) is 42.5 Å². The Bertz CT molecular complexity index is 1160. The predicted molar refractivity (Wildman–Crippen MR) is 145 cm³/mol. The second kappa shape index (κ2) is 12.5. The molecule has 2 atom stereocenters. The minimum Gasteiger partial charge on any atom is -0.458 e. The lowest BCUT2D eigenvalue weighted by Gasteiger charge is -2.41. The summed E-state index contributed by atoms with van der Waals surface area (Å²) in [5.41, 5.74) is -0.728. The standard InChI is InChI=1S/C30H37N3O5/c1-29(2,3)38-27(36)24-18-12-7-13-19-30(4,28(37)32-24)33(21-22-14-8-5-9-15-22)25(34)20-31-26(35)23-16-10-6-11-17-23/h5-12,14-17,24H,13,18-21H2,1-4H3,(H,31,35)(H,32,37)/b12-7-/t24-,30+/m1/s1. The van der Waals surface area contributed by atoms with Crippen LogP contribution in [0.2, 0.25) is 0 Å². The third-order valence-electron chi connectivity index (χ3n) is 6.34. The molecule has 3 amide bonds. The van der Waals surface area contributed by atoms with E-state index in [9.17, 15) is 19.2 Å². The molecule has 0 fully saturated rings. The maximum atomic E-state index is 13.8. The van der Waals surface area contributed by atoms with Crippen LogP contribution in [-0.4, -0.2) is 52.3 Å². The van der Waals surface area contributed by atoms with Crippen molar-refractivity contribution < 1.29 is 23.9 Å². The lowest BCUT2D eigenvalue weighted by molar-refractivity contribution is -0.160. The summed E-state index contributed by atoms with van der Waals surface area (Å²) in [6.45, 7) is 6.89. The van der Waals surface area contributed by atoms with Crippen molar-refractivity contribution in [2.75, 3.05) is 6.54 Å². The Morgan fingerprint density at radius 1 is 1.03 bits per heavy atom. The van der Waals surface area contributed by atoms with Crippen LogP contribution in [0.3, 0.4) is 0 Å². The number of amides is 3. The van der Waals surface area contributed by atoms with Gasteiger partial charge in [-0.25, -0.2) is 4.79 Å². The molecule has 2 N–H and O–H groups in total. The molecular weight excluding hydrogens is 482 g/mol. The highest BCUT2D eigenvalue weighted by molar-refractivity contribution is 5.98. The van der Waals surface area contributed by atoms with E-state index in [1.54, 1.807) is 58.0 Å². The SMILES string of the molecule is CC(C)(C)OC(=O)[C@H]1C/C=C\CC[C@](C)(N(Cc2ccccc2)C(=O)CNC(=O)c2ccccc2)C(=O)N1. The Morgan fingerprint density at radius 3 is 2.29 bits per heavy atom. The zero-order valence-electron chi connectivity index (χ0n) is 22.5. The molecule has 2 aromatic carbocycles. The Morgan fingerprint density at radius 2 is 1.66 bits per heavy atom. The Hall–Kier alpha value is -3.94. The summed E-state index contributed by atoms with van der Waals surface area (Å²) < 4.78 is 5.53. The monoisotopic (exact) mass is 519 g/mol. The van der Waals surface area contributed by atoms with E-state index in [0.717, 1.165) is 5.56 Å². The first-order valence-corrected chi connectivity index (χ1v) is 12.9. The van der Waals surface area contributed by atoms with Gasteiger partial charge in [-0.05, 0) is 64.7 Å². The summed E-state index contributed by atoms with van der Waals surface area (Å²) >= 11 is 0. The first-order valence-electron chi connectivity index (χ1n) is 12.9. The van der Waals surface area contributed by atoms with Gasteiger partial charge in [0.15, 0.2) is 0 Å². The van der Waals surface area contributed by atoms with Crippen molar-refractivity contribution in [2.24, 2.45) is 0 Å². The van der Waals surface area contributed by atoms with Gasteiger partial charge in [-0.3, -0.25) is 14.4 Å². The van der Waals surface area contributed by atoms with Crippen molar-refractivity contribution in [2.45, 2.75) is 70.7 Å². The van der Waals surface area contributed by atoms with E-state index in [1.165, 1.54) is 4.90 Å². The van der Waals surface area contributed by atoms with E-state index in [2.05, 4.69) is 10.6 Å². The summed E-state index contributed by atoms with van der Waals surface area (Å²) in [7, 11) is 0. The summed E-state index contributed by atoms with van der Waals surface area (Å²) in [6.07, 6.45) is 4.92. The average Bonchev–Trinajstić information content (AvgIpc) is 2.95. The minimum atomic E-state index is -1.29. The van der Waals surface area contributed by atoms with E-state index in [0.29, 0.717) is 18.4 Å². The molecule has 0 aromatic heterocycles. The fourth-order valence-electron chi connectivity index (χ4n) is 4.23. The Balaban J connectivity index is 1.87. The molecule has 0 unspecified atom stereocenters. The van der Waals surface area contributed by atoms with E-state index >= 15 is 0 Å². The zero-order valence-corrected chi connectivity index (χ0v) is 22.5. The van der Waals surface area contributed by atoms with Crippen molar-refractivity contribution in [1.29, 1.82) is 0 Å². The number of ether oxygens (including phenoxy) is 1. The van der Waals surface area contributed by atoms with Gasteiger partial charge in [0, 0.05) is 12.1 Å². The Labute approximate surface area is 224 Å². The average molecular weight is 520 g/mol. The lowest BCUT2D eigenvalue weighted by atomic mass is 9.91. The number of carbonyl (C=O) groups excluding carboxylic acids is 4. The summed E-state index contributed by atoms with van der Waals surface area (Å²) in [6, 6.07) is 17.1. The van der Waals surface area contributed by atoms with Gasteiger partial charge in [0.1, 0.15) is 17.2 Å². The van der Waals surface area contributed by atoms with Gasteiger partial charge < -0.3 is 20.3 Å². The second-order valence-corrected chi connectivity index (χ2v) is 10.6. The fraction of sp³-hybridized carbons (Fsp3) is 0.400. The number of rotatable bonds is 7. The van der Waals surface area contributed by atoms with Gasteiger partial charge in [-0.2, -0.15) is 0 Å². The number of hydrogen-bond donors (Lipinski definition) is 2. The molecule has 0 saturated carbocycles. The van der Waals surface area contributed by atoms with Gasteiger partial charge in [-0.1, -0.05) is 60.7 Å². The smallest absolute Gasteiger partial charge is 0.329 e. The summed E-state index contributed by atoms with van der Waals surface area (Å²) in [4.78, 5) is 54.4. The van der Waals surface area contributed by atoms with Crippen molar-refractivity contribution >= 4 is 23.7 Å². The molecule has 0 aliphatic carbocycles. The number of allylic oxidation sites excluding steroid dienone is 1. The van der Waals surface area contributed by atoms with Gasteiger partial charge in [0.25, 0.3) is 5.91 Å². The van der Waals surface area contributed by atoms with Crippen molar-refractivity contribution in [1.82, 2.24) is 15.5 Å². The van der Waals surface area contributed by atoms with Crippen LogP contribution in [0.5, 0.6) is 0 Å². The molecule has 0 spiro atoms. The normalized spacial score (nSPS) is 20.6. The molecule has 0 bridgehead atoms. The third kappa shape index (κ3) is 7.78. The van der Waals surface area contributed by atoms with Gasteiger partial charge in [0.2, 0.25) is 11.8 Å². The highest BCUT2D eigenvalue weighted by atomic mass is 16.6. The molecule has 38 heavy (non-hydrogen) atoms. The molecule has 0 radical (unpaired) electrons. The van der Waals surface area contributed by atoms with Gasteiger partial charge in [0.05, 0.1) is 6.54 Å². The van der Waals surface area contributed by atoms with Crippen LogP contribution in [0.25, 0.3) is 0 Å². The Kier molecular flexibility index (Phi) is 9.45. The first kappa shape index (κ1) is 28.6. The van der Waals surface area contributed by atoms with Crippen LogP contribution in [0.4, 0.5) is 0 Å². The topological polar surface area (TPSA) is 105 Å². The summed E-state index contributed by atoms with van der Waals surface area (Å²) in [5, 5.41) is 5.52. The molecule has 2 aromatic rings. The molecule has 202 valence electrons. The molecule has 1 heterocycles. The first-order chi connectivity index (χ1) is 18.0. The van der Waals surface area contributed by atoms with Crippen molar-refractivity contribution in [3.8, 4) is 0 Å². The number of carbonyl (C=O) groups is 4. The molecule has 8 nitrogen and oxygen atoms in total. The van der Waals surface area contributed by atoms with Gasteiger partial charge >= 0.3 is 5.97 Å². The number of nitrogens with one attached hydrogen (secondary N) is 2. The number of nitrogens with zero attached hydrogens (tertiary/aromatic N) is 1. The maximum absolute atomic E-state index is 13.8. The molecule has 8 heteroatoms.